The van der Waals surface area contributed by atoms with Gasteiger partial charge in [-0.2, -0.15) is 0 Å². The molecule has 0 amide bonds. The molecule has 25 heavy (non-hydrogen) atoms. The maximum atomic E-state index is 10.2. The average Bonchev–Trinajstić information content (AvgIpc) is 3.04. The molecule has 0 aliphatic carbocycles. The lowest BCUT2D eigenvalue weighted by atomic mass is 10.2. The van der Waals surface area contributed by atoms with Gasteiger partial charge in [-0.3, -0.25) is 4.90 Å². The van der Waals surface area contributed by atoms with Gasteiger partial charge in [-0.05, 0) is 36.4 Å². The third kappa shape index (κ3) is 5.09. The SMILES string of the molecule is CN(Cc1ccccc1Cl)CC(O)COCc1ccc2c(c1)OCO2. The molecule has 0 saturated carbocycles. The van der Waals surface area contributed by atoms with Crippen molar-refractivity contribution in [3.05, 3.63) is 58.6 Å². The highest BCUT2D eigenvalue weighted by Crippen LogP contribution is 2.32. The van der Waals surface area contributed by atoms with E-state index < -0.39 is 6.10 Å². The van der Waals surface area contributed by atoms with E-state index in [-0.39, 0.29) is 13.4 Å². The van der Waals surface area contributed by atoms with Gasteiger partial charge < -0.3 is 19.3 Å². The van der Waals surface area contributed by atoms with Crippen LogP contribution in [0.2, 0.25) is 5.02 Å². The van der Waals surface area contributed by atoms with Crippen LogP contribution in [-0.2, 0) is 17.9 Å². The van der Waals surface area contributed by atoms with Gasteiger partial charge in [0.1, 0.15) is 0 Å². The maximum Gasteiger partial charge on any atom is 0.231 e. The first-order valence-electron chi connectivity index (χ1n) is 8.18. The van der Waals surface area contributed by atoms with Crippen molar-refractivity contribution in [2.24, 2.45) is 0 Å². The van der Waals surface area contributed by atoms with E-state index in [1.807, 2.05) is 54.4 Å². The topological polar surface area (TPSA) is 51.2 Å². The summed E-state index contributed by atoms with van der Waals surface area (Å²) in [5.41, 5.74) is 2.03. The average molecular weight is 364 g/mol. The quantitative estimate of drug-likeness (QED) is 0.781. The highest BCUT2D eigenvalue weighted by molar-refractivity contribution is 6.31. The number of nitrogens with zero attached hydrogens (tertiary/aromatic N) is 1. The summed E-state index contributed by atoms with van der Waals surface area (Å²) in [7, 11) is 1.95. The van der Waals surface area contributed by atoms with Gasteiger partial charge in [-0.15, -0.1) is 0 Å². The van der Waals surface area contributed by atoms with Crippen LogP contribution in [-0.4, -0.2) is 43.1 Å². The van der Waals surface area contributed by atoms with Crippen LogP contribution in [0.3, 0.4) is 0 Å². The van der Waals surface area contributed by atoms with Gasteiger partial charge in [-0.25, -0.2) is 0 Å². The van der Waals surface area contributed by atoms with Crippen molar-refractivity contribution in [1.29, 1.82) is 0 Å². The highest BCUT2D eigenvalue weighted by Gasteiger charge is 2.14. The molecule has 0 fully saturated rings. The fourth-order valence-electron chi connectivity index (χ4n) is 2.74. The number of rotatable bonds is 8. The molecule has 5 nitrogen and oxygen atoms in total. The minimum absolute atomic E-state index is 0.260. The lowest BCUT2D eigenvalue weighted by molar-refractivity contribution is 0.0127. The number of halogens is 1. The Morgan fingerprint density at radius 2 is 2.00 bits per heavy atom. The van der Waals surface area contributed by atoms with Crippen LogP contribution in [0.15, 0.2) is 42.5 Å². The fraction of sp³-hybridized carbons (Fsp3) is 0.368. The third-order valence-corrected chi connectivity index (χ3v) is 4.31. The lowest BCUT2D eigenvalue weighted by Crippen LogP contribution is -2.31. The van der Waals surface area contributed by atoms with Crippen molar-refractivity contribution >= 4 is 11.6 Å². The second kappa shape index (κ2) is 8.54. The number of aliphatic hydroxyl groups excluding tert-OH is 1. The Balaban J connectivity index is 1.40. The summed E-state index contributed by atoms with van der Waals surface area (Å²) in [4.78, 5) is 2.02. The number of ether oxygens (including phenoxy) is 3. The molecule has 134 valence electrons. The van der Waals surface area contributed by atoms with Crippen LogP contribution >= 0.6 is 11.6 Å². The van der Waals surface area contributed by atoms with Gasteiger partial charge in [0.25, 0.3) is 0 Å². The van der Waals surface area contributed by atoms with Gasteiger partial charge in [0.05, 0.1) is 19.3 Å². The van der Waals surface area contributed by atoms with Gasteiger partial charge in [0, 0.05) is 18.1 Å². The zero-order valence-electron chi connectivity index (χ0n) is 14.2. The molecule has 6 heteroatoms. The Hall–Kier alpha value is -1.79. The predicted molar refractivity (Wildman–Crippen MR) is 96.0 cm³/mol. The molecular weight excluding hydrogens is 342 g/mol. The predicted octanol–water partition coefficient (Wildman–Crippen LogP) is 3.08. The molecule has 2 aromatic carbocycles. The summed E-state index contributed by atoms with van der Waals surface area (Å²) in [6.45, 7) is 2.13. The number of likely N-dealkylation sites (N-methyl/N-ethyl adjacent to an activating group) is 1. The molecule has 1 atom stereocenters. The van der Waals surface area contributed by atoms with Gasteiger partial charge in [0.2, 0.25) is 6.79 Å². The summed E-state index contributed by atoms with van der Waals surface area (Å²) >= 11 is 6.16. The molecular formula is C19H22ClNO4. The number of aliphatic hydroxyl groups is 1. The van der Waals surface area contributed by atoms with Crippen LogP contribution in [0.4, 0.5) is 0 Å². The number of hydrogen-bond donors (Lipinski definition) is 1. The second-order valence-electron chi connectivity index (χ2n) is 6.14. The van der Waals surface area contributed by atoms with E-state index in [2.05, 4.69) is 0 Å². The Morgan fingerprint density at radius 1 is 1.20 bits per heavy atom. The van der Waals surface area contributed by atoms with Crippen molar-refractivity contribution in [3.8, 4) is 11.5 Å². The molecule has 0 bridgehead atoms. The standard InChI is InChI=1S/C19H22ClNO4/c1-21(9-15-4-2-3-5-17(15)20)10-16(22)12-23-11-14-6-7-18-19(8-14)25-13-24-18/h2-8,16,22H,9-13H2,1H3. The Kier molecular flexibility index (Phi) is 6.15. The Labute approximate surface area is 152 Å². The molecule has 0 radical (unpaired) electrons. The molecule has 0 spiro atoms. The fourth-order valence-corrected chi connectivity index (χ4v) is 2.93. The zero-order valence-corrected chi connectivity index (χ0v) is 14.9. The maximum absolute atomic E-state index is 10.2. The number of fused-ring (bicyclic) bond motifs is 1. The van der Waals surface area contributed by atoms with Crippen molar-refractivity contribution in [2.45, 2.75) is 19.3 Å². The van der Waals surface area contributed by atoms with E-state index in [0.717, 1.165) is 27.6 Å². The van der Waals surface area contributed by atoms with Crippen molar-refractivity contribution < 1.29 is 19.3 Å². The Bertz CT molecular complexity index is 710. The van der Waals surface area contributed by atoms with E-state index in [1.165, 1.54) is 0 Å². The van der Waals surface area contributed by atoms with Crippen molar-refractivity contribution in [2.75, 3.05) is 27.0 Å². The van der Waals surface area contributed by atoms with E-state index in [4.69, 9.17) is 25.8 Å². The minimum Gasteiger partial charge on any atom is -0.454 e. The highest BCUT2D eigenvalue weighted by atomic mass is 35.5. The molecule has 2 aromatic rings. The summed E-state index contributed by atoms with van der Waals surface area (Å²) in [5, 5.41) is 10.9. The molecule has 0 saturated heterocycles. The summed E-state index contributed by atoms with van der Waals surface area (Å²) in [6.07, 6.45) is -0.568. The van der Waals surface area contributed by atoms with E-state index in [1.54, 1.807) is 0 Å². The second-order valence-corrected chi connectivity index (χ2v) is 6.55. The van der Waals surface area contributed by atoms with Crippen LogP contribution < -0.4 is 9.47 Å². The molecule has 0 aromatic heterocycles. The normalized spacial score (nSPS) is 14.1. The van der Waals surface area contributed by atoms with Gasteiger partial charge in [0.15, 0.2) is 11.5 Å². The Morgan fingerprint density at radius 3 is 2.84 bits per heavy atom. The van der Waals surface area contributed by atoms with E-state index in [0.29, 0.717) is 19.7 Å². The van der Waals surface area contributed by atoms with Crippen LogP contribution in [0.5, 0.6) is 11.5 Å². The monoisotopic (exact) mass is 363 g/mol. The lowest BCUT2D eigenvalue weighted by Gasteiger charge is -2.21. The van der Waals surface area contributed by atoms with Gasteiger partial charge >= 0.3 is 0 Å². The van der Waals surface area contributed by atoms with Crippen molar-refractivity contribution in [1.82, 2.24) is 4.90 Å². The molecule has 1 aliphatic heterocycles. The smallest absolute Gasteiger partial charge is 0.231 e. The van der Waals surface area contributed by atoms with Crippen LogP contribution in [0.1, 0.15) is 11.1 Å². The van der Waals surface area contributed by atoms with Crippen LogP contribution in [0, 0.1) is 0 Å². The molecule has 1 unspecified atom stereocenters. The van der Waals surface area contributed by atoms with Crippen molar-refractivity contribution in [3.63, 3.8) is 0 Å². The first-order chi connectivity index (χ1) is 12.1. The first kappa shape index (κ1) is 18.0. The largest absolute Gasteiger partial charge is 0.454 e. The van der Waals surface area contributed by atoms with Gasteiger partial charge in [-0.1, -0.05) is 35.9 Å². The molecule has 1 aliphatic rings. The number of hydrogen-bond acceptors (Lipinski definition) is 5. The molecule has 1 heterocycles. The molecule has 3 rings (SSSR count). The third-order valence-electron chi connectivity index (χ3n) is 3.94. The van der Waals surface area contributed by atoms with Crippen LogP contribution in [0.25, 0.3) is 0 Å². The molecule has 1 N–H and O–H groups in total. The number of benzene rings is 2. The summed E-state index contributed by atoms with van der Waals surface area (Å²) in [5.74, 6) is 1.49. The summed E-state index contributed by atoms with van der Waals surface area (Å²) in [6, 6.07) is 13.4. The van der Waals surface area contributed by atoms with E-state index in [9.17, 15) is 5.11 Å². The zero-order chi connectivity index (χ0) is 17.6. The summed E-state index contributed by atoms with van der Waals surface area (Å²) < 4.78 is 16.2. The van der Waals surface area contributed by atoms with E-state index >= 15 is 0 Å². The first-order valence-corrected chi connectivity index (χ1v) is 8.56. The minimum atomic E-state index is -0.568.